The largest absolute Gasteiger partial charge is 0.469 e. The number of hydrogen-bond donors (Lipinski definition) is 1. The summed E-state index contributed by atoms with van der Waals surface area (Å²) in [5.74, 6) is -0.173. The Balaban J connectivity index is 2.07. The van der Waals surface area contributed by atoms with E-state index < -0.39 is 0 Å². The molecule has 0 spiro atoms. The molecule has 0 aliphatic heterocycles. The van der Waals surface area contributed by atoms with Gasteiger partial charge in [-0.25, -0.2) is 0 Å². The summed E-state index contributed by atoms with van der Waals surface area (Å²) < 4.78 is 4.69. The maximum Gasteiger partial charge on any atom is 0.305 e. The Morgan fingerprint density at radius 3 is 2.74 bits per heavy atom. The van der Waals surface area contributed by atoms with Gasteiger partial charge in [0.15, 0.2) is 0 Å². The van der Waals surface area contributed by atoms with Gasteiger partial charge in [-0.3, -0.25) is 4.79 Å². The molecule has 0 bridgehead atoms. The monoisotopic (exact) mass is 253 g/mol. The molecule has 3 heteroatoms. The smallest absolute Gasteiger partial charge is 0.305 e. The molecule has 0 saturated heterocycles. The van der Waals surface area contributed by atoms with Crippen molar-refractivity contribution < 1.29 is 9.53 Å². The van der Waals surface area contributed by atoms with Crippen molar-refractivity contribution >= 4 is 27.8 Å². The molecule has 3 aromatic rings. The molecule has 1 aromatic heterocycles. The molecule has 0 aliphatic carbocycles. The van der Waals surface area contributed by atoms with Crippen molar-refractivity contribution in [3.8, 4) is 0 Å². The normalized spacial score (nSPS) is 11.0. The van der Waals surface area contributed by atoms with E-state index in [0.29, 0.717) is 12.8 Å². The number of hydrogen-bond acceptors (Lipinski definition) is 2. The summed E-state index contributed by atoms with van der Waals surface area (Å²) in [5, 5.41) is 2.43. The van der Waals surface area contributed by atoms with E-state index in [4.69, 9.17) is 4.74 Å². The fraction of sp³-hybridized carbons (Fsp3) is 0.188. The van der Waals surface area contributed by atoms with Crippen LogP contribution in [0.25, 0.3) is 21.8 Å². The van der Waals surface area contributed by atoms with Gasteiger partial charge >= 0.3 is 5.97 Å². The Hall–Kier alpha value is -2.29. The number of ether oxygens (including phenoxy) is 1. The Kier molecular flexibility index (Phi) is 2.95. The number of esters is 1. The number of nitrogens with one attached hydrogen (secondary N) is 1. The summed E-state index contributed by atoms with van der Waals surface area (Å²) in [6, 6.07) is 14.4. The average Bonchev–Trinajstić information content (AvgIpc) is 2.84. The topological polar surface area (TPSA) is 42.1 Å². The summed E-state index contributed by atoms with van der Waals surface area (Å²) >= 11 is 0. The van der Waals surface area contributed by atoms with Crippen molar-refractivity contribution in [1.29, 1.82) is 0 Å². The lowest BCUT2D eigenvalue weighted by molar-refractivity contribution is -0.140. The first-order valence-corrected chi connectivity index (χ1v) is 6.34. The van der Waals surface area contributed by atoms with Crippen LogP contribution in [0, 0.1) is 0 Å². The van der Waals surface area contributed by atoms with Gasteiger partial charge in [0.2, 0.25) is 0 Å². The third-order valence-electron chi connectivity index (χ3n) is 3.45. The Labute approximate surface area is 111 Å². The minimum Gasteiger partial charge on any atom is -0.469 e. The van der Waals surface area contributed by atoms with E-state index in [-0.39, 0.29) is 5.97 Å². The van der Waals surface area contributed by atoms with Gasteiger partial charge in [0, 0.05) is 28.2 Å². The van der Waals surface area contributed by atoms with Crippen LogP contribution in [-0.4, -0.2) is 18.1 Å². The third-order valence-corrected chi connectivity index (χ3v) is 3.45. The standard InChI is InChI=1S/C16H15NO2/c1-19-15(18)10-9-11-5-4-7-13-12-6-2-3-8-14(12)17-16(11)13/h2-8,17H,9-10H2,1H3. The summed E-state index contributed by atoms with van der Waals surface area (Å²) in [4.78, 5) is 14.7. The van der Waals surface area contributed by atoms with Crippen molar-refractivity contribution in [3.63, 3.8) is 0 Å². The Morgan fingerprint density at radius 2 is 1.89 bits per heavy atom. The number of aromatic nitrogens is 1. The number of para-hydroxylation sites is 2. The molecule has 0 unspecified atom stereocenters. The van der Waals surface area contributed by atoms with E-state index in [9.17, 15) is 4.79 Å². The highest BCUT2D eigenvalue weighted by Gasteiger charge is 2.09. The summed E-state index contributed by atoms with van der Waals surface area (Å²) in [6.45, 7) is 0. The van der Waals surface area contributed by atoms with E-state index in [1.54, 1.807) is 0 Å². The number of carbonyl (C=O) groups excluding carboxylic acids is 1. The molecular formula is C16H15NO2. The van der Waals surface area contributed by atoms with Crippen LogP contribution in [0.1, 0.15) is 12.0 Å². The first-order chi connectivity index (χ1) is 9.29. The molecule has 19 heavy (non-hydrogen) atoms. The number of H-pyrrole nitrogens is 1. The number of benzene rings is 2. The zero-order chi connectivity index (χ0) is 13.2. The molecule has 0 radical (unpaired) electrons. The number of aromatic amines is 1. The number of aryl methyl sites for hydroxylation is 1. The van der Waals surface area contributed by atoms with Gasteiger partial charge in [0.05, 0.1) is 7.11 Å². The van der Waals surface area contributed by atoms with Crippen LogP contribution in [0.2, 0.25) is 0 Å². The predicted octanol–water partition coefficient (Wildman–Crippen LogP) is 3.43. The lowest BCUT2D eigenvalue weighted by Gasteiger charge is -2.02. The molecule has 0 amide bonds. The van der Waals surface area contributed by atoms with Gasteiger partial charge in [-0.05, 0) is 18.1 Å². The van der Waals surface area contributed by atoms with E-state index >= 15 is 0 Å². The molecule has 2 aromatic carbocycles. The van der Waals surface area contributed by atoms with Crippen LogP contribution in [-0.2, 0) is 16.0 Å². The molecule has 1 N–H and O–H groups in total. The van der Waals surface area contributed by atoms with Gasteiger partial charge < -0.3 is 9.72 Å². The van der Waals surface area contributed by atoms with Crippen molar-refractivity contribution in [1.82, 2.24) is 4.98 Å². The molecular weight excluding hydrogens is 238 g/mol. The first kappa shape index (κ1) is 11.8. The third kappa shape index (κ3) is 2.08. The second kappa shape index (κ2) is 4.76. The molecule has 0 atom stereocenters. The summed E-state index contributed by atoms with van der Waals surface area (Å²) in [5.41, 5.74) is 3.40. The molecule has 3 rings (SSSR count). The number of methoxy groups -OCH3 is 1. The maximum absolute atomic E-state index is 11.3. The lowest BCUT2D eigenvalue weighted by atomic mass is 10.1. The molecule has 0 aliphatic rings. The predicted molar refractivity (Wildman–Crippen MR) is 76.1 cm³/mol. The Bertz CT molecular complexity index is 743. The minimum atomic E-state index is -0.173. The van der Waals surface area contributed by atoms with Gasteiger partial charge in [0.1, 0.15) is 0 Å². The zero-order valence-electron chi connectivity index (χ0n) is 10.8. The van der Waals surface area contributed by atoms with E-state index in [2.05, 4.69) is 29.2 Å². The van der Waals surface area contributed by atoms with Gasteiger partial charge in [-0.15, -0.1) is 0 Å². The fourth-order valence-electron chi connectivity index (χ4n) is 2.48. The summed E-state index contributed by atoms with van der Waals surface area (Å²) in [7, 11) is 1.42. The van der Waals surface area contributed by atoms with Gasteiger partial charge in [-0.1, -0.05) is 36.4 Å². The van der Waals surface area contributed by atoms with Crippen molar-refractivity contribution in [3.05, 3.63) is 48.0 Å². The highest BCUT2D eigenvalue weighted by molar-refractivity contribution is 6.08. The number of carbonyl (C=O) groups is 1. The highest BCUT2D eigenvalue weighted by Crippen LogP contribution is 2.27. The zero-order valence-corrected chi connectivity index (χ0v) is 10.8. The van der Waals surface area contributed by atoms with Crippen LogP contribution in [0.15, 0.2) is 42.5 Å². The Morgan fingerprint density at radius 1 is 1.11 bits per heavy atom. The second-order valence-corrected chi connectivity index (χ2v) is 4.59. The van der Waals surface area contributed by atoms with Crippen LogP contribution < -0.4 is 0 Å². The van der Waals surface area contributed by atoms with Crippen molar-refractivity contribution in [2.24, 2.45) is 0 Å². The lowest BCUT2D eigenvalue weighted by Crippen LogP contribution is -2.02. The maximum atomic E-state index is 11.3. The van der Waals surface area contributed by atoms with Crippen LogP contribution in [0.3, 0.4) is 0 Å². The van der Waals surface area contributed by atoms with Crippen LogP contribution in [0.4, 0.5) is 0 Å². The quantitative estimate of drug-likeness (QED) is 0.727. The molecule has 0 saturated carbocycles. The van der Waals surface area contributed by atoms with Gasteiger partial charge in [-0.2, -0.15) is 0 Å². The number of rotatable bonds is 3. The average molecular weight is 253 g/mol. The second-order valence-electron chi connectivity index (χ2n) is 4.59. The van der Waals surface area contributed by atoms with Crippen molar-refractivity contribution in [2.45, 2.75) is 12.8 Å². The van der Waals surface area contributed by atoms with E-state index in [1.807, 2.05) is 18.2 Å². The molecule has 0 fully saturated rings. The summed E-state index contributed by atoms with van der Waals surface area (Å²) in [6.07, 6.45) is 1.10. The fourth-order valence-corrected chi connectivity index (χ4v) is 2.48. The SMILES string of the molecule is COC(=O)CCc1cccc2c1[nH]c1ccccc12. The van der Waals surface area contributed by atoms with Crippen molar-refractivity contribution in [2.75, 3.05) is 7.11 Å². The van der Waals surface area contributed by atoms with E-state index in [1.165, 1.54) is 17.9 Å². The highest BCUT2D eigenvalue weighted by atomic mass is 16.5. The van der Waals surface area contributed by atoms with Crippen LogP contribution in [0.5, 0.6) is 0 Å². The first-order valence-electron chi connectivity index (χ1n) is 6.34. The molecule has 1 heterocycles. The van der Waals surface area contributed by atoms with E-state index in [0.717, 1.165) is 16.6 Å². The molecule has 3 nitrogen and oxygen atoms in total. The minimum absolute atomic E-state index is 0.173. The van der Waals surface area contributed by atoms with Gasteiger partial charge in [0.25, 0.3) is 0 Å². The number of fused-ring (bicyclic) bond motifs is 3. The molecule has 96 valence electrons. The van der Waals surface area contributed by atoms with Crippen LogP contribution >= 0.6 is 0 Å².